The topological polar surface area (TPSA) is 68.2 Å². The van der Waals surface area contributed by atoms with Gasteiger partial charge >= 0.3 is 6.09 Å². The molecule has 21 heavy (non-hydrogen) atoms. The van der Waals surface area contributed by atoms with Crippen LogP contribution in [0, 0.1) is 0 Å². The van der Waals surface area contributed by atoms with E-state index in [0.29, 0.717) is 6.04 Å². The Balaban J connectivity index is 1.75. The summed E-state index contributed by atoms with van der Waals surface area (Å²) in [6, 6.07) is 0.682. The molecule has 0 aliphatic heterocycles. The second kappa shape index (κ2) is 6.05. The second-order valence-corrected chi connectivity index (χ2v) is 6.61. The number of carbonyl (C=O) groups excluding carboxylic acids is 1. The summed E-state index contributed by atoms with van der Waals surface area (Å²) in [6.45, 7) is 10.6. The van der Waals surface area contributed by atoms with Gasteiger partial charge in [0.15, 0.2) is 0 Å². The normalized spacial score (nSPS) is 22.7. The lowest BCUT2D eigenvalue weighted by atomic mass is 10.2. The number of hydrogen-bond acceptors (Lipinski definition) is 4. The van der Waals surface area contributed by atoms with E-state index in [4.69, 9.17) is 4.74 Å². The first-order valence-corrected chi connectivity index (χ1v) is 7.56. The summed E-state index contributed by atoms with van der Waals surface area (Å²) in [5.74, 6) is 0. The van der Waals surface area contributed by atoms with Gasteiger partial charge in [-0.1, -0.05) is 0 Å². The molecular formula is C15H26N4O2. The average molecular weight is 294 g/mol. The van der Waals surface area contributed by atoms with Crippen molar-refractivity contribution in [1.82, 2.24) is 20.4 Å². The monoisotopic (exact) mass is 294 g/mol. The molecule has 0 aromatic carbocycles. The third-order valence-corrected chi connectivity index (χ3v) is 3.43. The molecule has 2 N–H and O–H groups in total. The van der Waals surface area contributed by atoms with Crippen molar-refractivity contribution in [1.29, 1.82) is 0 Å². The summed E-state index contributed by atoms with van der Waals surface area (Å²) < 4.78 is 7.17. The number of aryl methyl sites for hydroxylation is 1. The fourth-order valence-electron chi connectivity index (χ4n) is 2.19. The molecular weight excluding hydrogens is 268 g/mol. The third kappa shape index (κ3) is 4.74. The van der Waals surface area contributed by atoms with Crippen LogP contribution in [-0.2, 0) is 11.3 Å². The quantitative estimate of drug-likeness (QED) is 0.873. The van der Waals surface area contributed by atoms with Gasteiger partial charge in [-0.3, -0.25) is 4.68 Å². The molecule has 0 bridgehead atoms. The summed E-state index contributed by atoms with van der Waals surface area (Å²) >= 11 is 0. The van der Waals surface area contributed by atoms with E-state index in [9.17, 15) is 4.79 Å². The Morgan fingerprint density at radius 1 is 1.52 bits per heavy atom. The van der Waals surface area contributed by atoms with Gasteiger partial charge < -0.3 is 15.4 Å². The minimum absolute atomic E-state index is 0.156. The Hall–Kier alpha value is -1.56. The maximum absolute atomic E-state index is 11.7. The molecule has 1 aliphatic carbocycles. The fourth-order valence-corrected chi connectivity index (χ4v) is 2.19. The molecule has 1 aliphatic rings. The Morgan fingerprint density at radius 3 is 2.81 bits per heavy atom. The summed E-state index contributed by atoms with van der Waals surface area (Å²) in [6.07, 6.45) is 4.53. The largest absolute Gasteiger partial charge is 0.444 e. The molecule has 1 fully saturated rings. The second-order valence-electron chi connectivity index (χ2n) is 6.61. The maximum atomic E-state index is 11.7. The molecule has 1 aromatic rings. The van der Waals surface area contributed by atoms with Crippen molar-refractivity contribution in [2.75, 3.05) is 0 Å². The standard InChI is InChI=1S/C15H26N4O2/c1-6-19-9-11(8-16-19)10(2)17-12-7-13(12)18-14(20)21-15(3,4)5/h8-10,12-13,17H,6-7H2,1-5H3,(H,18,20). The number of amides is 1. The van der Waals surface area contributed by atoms with E-state index in [0.717, 1.165) is 13.0 Å². The number of ether oxygens (including phenoxy) is 1. The van der Waals surface area contributed by atoms with Crippen LogP contribution in [0.4, 0.5) is 4.79 Å². The minimum atomic E-state index is -0.454. The van der Waals surface area contributed by atoms with Gasteiger partial charge in [0.2, 0.25) is 0 Å². The van der Waals surface area contributed by atoms with Gasteiger partial charge in [0.25, 0.3) is 0 Å². The number of nitrogens with one attached hydrogen (secondary N) is 2. The molecule has 1 amide bonds. The van der Waals surface area contributed by atoms with Crippen LogP contribution in [0.15, 0.2) is 12.4 Å². The lowest BCUT2D eigenvalue weighted by molar-refractivity contribution is 0.0522. The first-order chi connectivity index (χ1) is 9.78. The molecule has 6 heteroatoms. The molecule has 1 heterocycles. The summed E-state index contributed by atoms with van der Waals surface area (Å²) in [4.78, 5) is 11.7. The zero-order chi connectivity index (χ0) is 15.6. The molecule has 1 saturated carbocycles. The molecule has 0 radical (unpaired) electrons. The van der Waals surface area contributed by atoms with Crippen LogP contribution in [0.3, 0.4) is 0 Å². The first kappa shape index (κ1) is 15.8. The Kier molecular flexibility index (Phi) is 4.56. The maximum Gasteiger partial charge on any atom is 0.407 e. The van der Waals surface area contributed by atoms with E-state index < -0.39 is 5.60 Å². The predicted octanol–water partition coefficient (Wildman–Crippen LogP) is 2.22. The Morgan fingerprint density at radius 2 is 2.24 bits per heavy atom. The van der Waals surface area contributed by atoms with Gasteiger partial charge in [-0.15, -0.1) is 0 Å². The molecule has 1 aromatic heterocycles. The molecule has 0 spiro atoms. The number of carbonyl (C=O) groups is 1. The number of nitrogens with zero attached hydrogens (tertiary/aromatic N) is 2. The van der Waals surface area contributed by atoms with E-state index >= 15 is 0 Å². The van der Waals surface area contributed by atoms with Crippen molar-refractivity contribution >= 4 is 6.09 Å². The lowest BCUT2D eigenvalue weighted by Crippen LogP contribution is -2.37. The highest BCUT2D eigenvalue weighted by molar-refractivity contribution is 5.68. The highest BCUT2D eigenvalue weighted by Gasteiger charge is 2.40. The van der Waals surface area contributed by atoms with E-state index in [1.165, 1.54) is 5.56 Å². The van der Waals surface area contributed by atoms with Crippen LogP contribution in [0.25, 0.3) is 0 Å². The van der Waals surface area contributed by atoms with E-state index in [1.54, 1.807) is 0 Å². The SMILES string of the molecule is CCn1cc(C(C)NC2CC2NC(=O)OC(C)(C)C)cn1. The number of aromatic nitrogens is 2. The zero-order valence-electron chi connectivity index (χ0n) is 13.5. The fraction of sp³-hybridized carbons (Fsp3) is 0.733. The molecule has 118 valence electrons. The van der Waals surface area contributed by atoms with Crippen LogP contribution >= 0.6 is 0 Å². The Labute approximate surface area is 126 Å². The predicted molar refractivity (Wildman–Crippen MR) is 81.0 cm³/mol. The minimum Gasteiger partial charge on any atom is -0.444 e. The van der Waals surface area contributed by atoms with E-state index in [-0.39, 0.29) is 18.2 Å². The zero-order valence-corrected chi connectivity index (χ0v) is 13.5. The van der Waals surface area contributed by atoms with Gasteiger partial charge in [-0.25, -0.2) is 4.79 Å². The molecule has 6 nitrogen and oxygen atoms in total. The van der Waals surface area contributed by atoms with Crippen molar-refractivity contribution < 1.29 is 9.53 Å². The van der Waals surface area contributed by atoms with Gasteiger partial charge in [-0.2, -0.15) is 5.10 Å². The molecule has 0 saturated heterocycles. The highest BCUT2D eigenvalue weighted by atomic mass is 16.6. The van der Waals surface area contributed by atoms with Crippen LogP contribution in [0.1, 0.15) is 52.6 Å². The number of hydrogen-bond donors (Lipinski definition) is 2. The van der Waals surface area contributed by atoms with Crippen LogP contribution < -0.4 is 10.6 Å². The van der Waals surface area contributed by atoms with Gasteiger partial charge in [-0.05, 0) is 41.0 Å². The molecule has 3 unspecified atom stereocenters. The molecule has 3 atom stereocenters. The van der Waals surface area contributed by atoms with Crippen molar-refractivity contribution in [3.8, 4) is 0 Å². The van der Waals surface area contributed by atoms with Crippen LogP contribution in [-0.4, -0.2) is 33.6 Å². The van der Waals surface area contributed by atoms with Gasteiger partial charge in [0.1, 0.15) is 5.60 Å². The van der Waals surface area contributed by atoms with Crippen LogP contribution in [0.5, 0.6) is 0 Å². The summed E-state index contributed by atoms with van der Waals surface area (Å²) in [5, 5.41) is 10.7. The number of rotatable bonds is 5. The van der Waals surface area contributed by atoms with Crippen LogP contribution in [0.2, 0.25) is 0 Å². The van der Waals surface area contributed by atoms with Crippen molar-refractivity contribution in [3.05, 3.63) is 18.0 Å². The third-order valence-electron chi connectivity index (χ3n) is 3.43. The smallest absolute Gasteiger partial charge is 0.407 e. The lowest BCUT2D eigenvalue weighted by Gasteiger charge is -2.20. The average Bonchev–Trinajstić information content (AvgIpc) is 2.91. The van der Waals surface area contributed by atoms with Gasteiger partial charge in [0, 0.05) is 36.4 Å². The van der Waals surface area contributed by atoms with E-state index in [1.807, 2.05) is 31.6 Å². The van der Waals surface area contributed by atoms with Crippen molar-refractivity contribution in [2.24, 2.45) is 0 Å². The summed E-state index contributed by atoms with van der Waals surface area (Å²) in [5.41, 5.74) is 0.712. The van der Waals surface area contributed by atoms with E-state index in [2.05, 4.69) is 35.8 Å². The highest BCUT2D eigenvalue weighted by Crippen LogP contribution is 2.25. The van der Waals surface area contributed by atoms with Crippen molar-refractivity contribution in [3.63, 3.8) is 0 Å². The molecule has 2 rings (SSSR count). The Bertz CT molecular complexity index is 492. The van der Waals surface area contributed by atoms with Crippen molar-refractivity contribution in [2.45, 2.75) is 71.3 Å². The summed E-state index contributed by atoms with van der Waals surface area (Å²) in [7, 11) is 0. The van der Waals surface area contributed by atoms with Gasteiger partial charge in [0.05, 0.1) is 6.20 Å². The number of alkyl carbamates (subject to hydrolysis) is 1. The first-order valence-electron chi connectivity index (χ1n) is 7.56.